The van der Waals surface area contributed by atoms with E-state index in [-0.39, 0.29) is 26.2 Å². The Morgan fingerprint density at radius 2 is 2.05 bits per heavy atom. The molecular weight excluding hydrogens is 342 g/mol. The van der Waals surface area contributed by atoms with Gasteiger partial charge in [-0.3, -0.25) is 9.71 Å². The maximum atomic E-state index is 13.5. The van der Waals surface area contributed by atoms with Crippen LogP contribution in [0.1, 0.15) is 5.56 Å². The molecule has 21 heavy (non-hydrogen) atoms. The molecule has 1 aromatic heterocycles. The summed E-state index contributed by atoms with van der Waals surface area (Å²) in [6.07, 6.45) is 2.11. The Labute approximate surface area is 130 Å². The zero-order chi connectivity index (χ0) is 15.6. The Morgan fingerprint density at radius 3 is 2.67 bits per heavy atom. The molecule has 0 radical (unpaired) electrons. The van der Waals surface area contributed by atoms with Crippen molar-refractivity contribution in [1.82, 2.24) is 4.98 Å². The summed E-state index contributed by atoms with van der Waals surface area (Å²) >= 11 is 11.7. The van der Waals surface area contributed by atoms with E-state index in [0.29, 0.717) is 0 Å². The summed E-state index contributed by atoms with van der Waals surface area (Å²) in [7, 11) is -4.17. The minimum atomic E-state index is -4.17. The van der Waals surface area contributed by atoms with Gasteiger partial charge in [-0.25, -0.2) is 12.8 Å². The van der Waals surface area contributed by atoms with Crippen LogP contribution in [-0.4, -0.2) is 18.5 Å². The maximum absolute atomic E-state index is 13.5. The number of nitrogens with one attached hydrogen (secondary N) is 1. The zero-order valence-corrected chi connectivity index (χ0v) is 12.7. The molecule has 1 heterocycles. The molecule has 9 heteroatoms. The molecular formula is C12H9Cl2FN2O3S. The Morgan fingerprint density at radius 1 is 1.33 bits per heavy atom. The van der Waals surface area contributed by atoms with Gasteiger partial charge in [0.25, 0.3) is 10.0 Å². The number of pyridine rings is 1. The van der Waals surface area contributed by atoms with Crippen LogP contribution in [0.15, 0.2) is 35.5 Å². The Balaban J connectivity index is 2.50. The summed E-state index contributed by atoms with van der Waals surface area (Å²) in [6.45, 7) is -0.481. The fraction of sp³-hybridized carbons (Fsp3) is 0.0833. The molecule has 2 N–H and O–H groups in total. The number of rotatable bonds is 4. The number of hydrogen-bond acceptors (Lipinski definition) is 4. The lowest BCUT2D eigenvalue weighted by molar-refractivity contribution is 0.281. The van der Waals surface area contributed by atoms with Gasteiger partial charge in [0.15, 0.2) is 5.82 Å². The van der Waals surface area contributed by atoms with E-state index in [1.54, 1.807) is 0 Å². The van der Waals surface area contributed by atoms with E-state index in [1.165, 1.54) is 12.3 Å². The number of nitrogens with zero attached hydrogens (tertiary/aromatic N) is 1. The molecule has 0 aliphatic heterocycles. The first kappa shape index (κ1) is 16.0. The van der Waals surface area contributed by atoms with Crippen molar-refractivity contribution < 1.29 is 17.9 Å². The number of anilines is 1. The van der Waals surface area contributed by atoms with Gasteiger partial charge in [-0.1, -0.05) is 23.2 Å². The zero-order valence-electron chi connectivity index (χ0n) is 10.3. The van der Waals surface area contributed by atoms with E-state index in [4.69, 9.17) is 28.3 Å². The molecule has 0 saturated carbocycles. The number of sulfonamides is 1. The standard InChI is InChI=1S/C12H9Cl2FN2O3S/c13-8-3-7(6-18)12(14)11(4-8)21(19,20)17-10-1-2-16-5-9(10)15/h1-5,18H,6H2,(H,16,17). The third-order valence-corrected chi connectivity index (χ3v) is 4.72. The highest BCUT2D eigenvalue weighted by Crippen LogP contribution is 2.31. The molecule has 0 amide bonds. The highest BCUT2D eigenvalue weighted by Gasteiger charge is 2.22. The lowest BCUT2D eigenvalue weighted by Gasteiger charge is -2.12. The van der Waals surface area contributed by atoms with Gasteiger partial charge >= 0.3 is 0 Å². The van der Waals surface area contributed by atoms with Crippen LogP contribution in [0, 0.1) is 5.82 Å². The van der Waals surface area contributed by atoms with Crippen molar-refractivity contribution >= 4 is 38.9 Å². The summed E-state index contributed by atoms with van der Waals surface area (Å²) in [5.74, 6) is -0.832. The minimum Gasteiger partial charge on any atom is -0.392 e. The maximum Gasteiger partial charge on any atom is 0.263 e. The van der Waals surface area contributed by atoms with Crippen LogP contribution in [0.25, 0.3) is 0 Å². The quantitative estimate of drug-likeness (QED) is 0.888. The smallest absolute Gasteiger partial charge is 0.263 e. The van der Waals surface area contributed by atoms with Crippen LogP contribution >= 0.6 is 23.2 Å². The highest BCUT2D eigenvalue weighted by atomic mass is 35.5. The average molecular weight is 351 g/mol. The Hall–Kier alpha value is -1.41. The molecule has 2 aromatic rings. The van der Waals surface area contributed by atoms with E-state index in [0.717, 1.165) is 18.3 Å². The largest absolute Gasteiger partial charge is 0.392 e. The third kappa shape index (κ3) is 3.44. The molecule has 0 bridgehead atoms. The molecule has 2 rings (SSSR count). The van der Waals surface area contributed by atoms with Gasteiger partial charge in [-0.2, -0.15) is 0 Å². The van der Waals surface area contributed by atoms with E-state index < -0.39 is 22.4 Å². The first-order valence-electron chi connectivity index (χ1n) is 5.56. The van der Waals surface area contributed by atoms with Crippen LogP contribution < -0.4 is 4.72 Å². The molecule has 0 saturated heterocycles. The van der Waals surface area contributed by atoms with Crippen LogP contribution in [0.5, 0.6) is 0 Å². The van der Waals surface area contributed by atoms with Crippen molar-refractivity contribution in [3.63, 3.8) is 0 Å². The molecule has 0 spiro atoms. The molecule has 0 unspecified atom stereocenters. The second-order valence-corrected chi connectivity index (χ2v) is 6.46. The number of benzene rings is 1. The van der Waals surface area contributed by atoms with E-state index >= 15 is 0 Å². The molecule has 112 valence electrons. The van der Waals surface area contributed by atoms with Crippen molar-refractivity contribution in [2.45, 2.75) is 11.5 Å². The van der Waals surface area contributed by atoms with Crippen LogP contribution in [0.2, 0.25) is 10.0 Å². The second-order valence-electron chi connectivity index (χ2n) is 4.00. The summed E-state index contributed by atoms with van der Waals surface area (Å²) < 4.78 is 40.1. The van der Waals surface area contributed by atoms with Gasteiger partial charge in [-0.05, 0) is 23.8 Å². The van der Waals surface area contributed by atoms with Crippen LogP contribution in [0.3, 0.4) is 0 Å². The third-order valence-electron chi connectivity index (χ3n) is 2.56. The summed E-state index contributed by atoms with van der Waals surface area (Å²) in [4.78, 5) is 3.17. The van der Waals surface area contributed by atoms with Crippen molar-refractivity contribution in [2.24, 2.45) is 0 Å². The topological polar surface area (TPSA) is 79.3 Å². The molecule has 0 aliphatic rings. The molecule has 1 aromatic carbocycles. The fourth-order valence-corrected chi connectivity index (χ4v) is 3.58. The number of aliphatic hydroxyl groups is 1. The number of aromatic nitrogens is 1. The van der Waals surface area contributed by atoms with Crippen molar-refractivity contribution in [1.29, 1.82) is 0 Å². The molecule has 0 fully saturated rings. The minimum absolute atomic E-state index is 0.0824. The number of hydrogen-bond donors (Lipinski definition) is 2. The van der Waals surface area contributed by atoms with E-state index in [2.05, 4.69) is 9.71 Å². The van der Waals surface area contributed by atoms with Gasteiger partial charge < -0.3 is 5.11 Å². The predicted molar refractivity (Wildman–Crippen MR) is 77.4 cm³/mol. The van der Waals surface area contributed by atoms with Gasteiger partial charge in [0, 0.05) is 11.2 Å². The molecule has 0 atom stereocenters. The van der Waals surface area contributed by atoms with Gasteiger partial charge in [-0.15, -0.1) is 0 Å². The number of aliphatic hydroxyl groups excluding tert-OH is 1. The van der Waals surface area contributed by atoms with Crippen molar-refractivity contribution in [3.8, 4) is 0 Å². The van der Waals surface area contributed by atoms with Gasteiger partial charge in [0.1, 0.15) is 4.90 Å². The summed E-state index contributed by atoms with van der Waals surface area (Å²) in [6, 6.07) is 3.62. The van der Waals surface area contributed by atoms with Crippen molar-refractivity contribution in [2.75, 3.05) is 4.72 Å². The summed E-state index contributed by atoms with van der Waals surface area (Å²) in [5.41, 5.74) is -0.119. The molecule has 0 aliphatic carbocycles. The lowest BCUT2D eigenvalue weighted by Crippen LogP contribution is -2.15. The van der Waals surface area contributed by atoms with Crippen molar-refractivity contribution in [3.05, 3.63) is 52.0 Å². The van der Waals surface area contributed by atoms with Crippen LogP contribution in [-0.2, 0) is 16.6 Å². The van der Waals surface area contributed by atoms with Gasteiger partial charge in [0.05, 0.1) is 23.5 Å². The second kappa shape index (κ2) is 6.15. The Kier molecular flexibility index (Phi) is 4.67. The highest BCUT2D eigenvalue weighted by molar-refractivity contribution is 7.92. The average Bonchev–Trinajstić information content (AvgIpc) is 2.43. The van der Waals surface area contributed by atoms with Gasteiger partial charge in [0.2, 0.25) is 0 Å². The fourth-order valence-electron chi connectivity index (χ4n) is 1.59. The SMILES string of the molecule is O=S(=O)(Nc1ccncc1F)c1cc(Cl)cc(CO)c1Cl. The molecule has 5 nitrogen and oxygen atoms in total. The van der Waals surface area contributed by atoms with E-state index in [9.17, 15) is 12.8 Å². The predicted octanol–water partition coefficient (Wildman–Crippen LogP) is 2.82. The lowest BCUT2D eigenvalue weighted by atomic mass is 10.2. The normalized spacial score (nSPS) is 11.4. The number of halogens is 3. The Bertz CT molecular complexity index is 784. The van der Waals surface area contributed by atoms with E-state index in [1.807, 2.05) is 0 Å². The van der Waals surface area contributed by atoms with Crippen LogP contribution in [0.4, 0.5) is 10.1 Å². The monoisotopic (exact) mass is 350 g/mol. The first-order valence-corrected chi connectivity index (χ1v) is 7.80. The summed E-state index contributed by atoms with van der Waals surface area (Å²) in [5, 5.41) is 9.05. The first-order chi connectivity index (χ1) is 9.85.